The highest BCUT2D eigenvalue weighted by molar-refractivity contribution is 6.04. The van der Waals surface area contributed by atoms with Crippen LogP contribution in [0.4, 0.5) is 10.1 Å². The van der Waals surface area contributed by atoms with E-state index in [1.54, 1.807) is 60.7 Å². The summed E-state index contributed by atoms with van der Waals surface area (Å²) in [6, 6.07) is 17.1. The molecule has 0 bridgehead atoms. The summed E-state index contributed by atoms with van der Waals surface area (Å²) in [6.07, 6.45) is -1.07. The van der Waals surface area contributed by atoms with Crippen molar-refractivity contribution in [1.29, 1.82) is 0 Å². The minimum absolute atomic E-state index is 0.0280. The fourth-order valence-corrected chi connectivity index (χ4v) is 4.13. The monoisotopic (exact) mass is 478 g/mol. The number of nitrogens with one attached hydrogen (secondary N) is 1. The van der Waals surface area contributed by atoms with Gasteiger partial charge in [-0.25, -0.2) is 4.39 Å². The molecule has 1 saturated heterocycles. The van der Waals surface area contributed by atoms with Crippen molar-refractivity contribution in [3.8, 4) is 11.5 Å². The number of aliphatic hydroxyl groups is 1. The Morgan fingerprint density at radius 2 is 1.86 bits per heavy atom. The number of carbonyl (C=O) groups is 2. The van der Waals surface area contributed by atoms with Gasteiger partial charge < -0.3 is 29.5 Å². The molecule has 2 aliphatic heterocycles. The largest absolute Gasteiger partial charge is 0.454 e. The number of hydrogen-bond acceptors (Lipinski definition) is 6. The fourth-order valence-electron chi connectivity index (χ4n) is 4.13. The van der Waals surface area contributed by atoms with Crippen LogP contribution < -0.4 is 14.8 Å². The fraction of sp³-hybridized carbons (Fsp3) is 0.231. The Morgan fingerprint density at radius 1 is 1.09 bits per heavy atom. The number of nitrogens with zero attached hydrogens (tertiary/aromatic N) is 1. The van der Waals surface area contributed by atoms with Gasteiger partial charge in [0, 0.05) is 23.4 Å². The van der Waals surface area contributed by atoms with Gasteiger partial charge in [0.2, 0.25) is 12.7 Å². The second kappa shape index (κ2) is 9.73. The number of hydrogen-bond donors (Lipinski definition) is 2. The molecule has 0 unspecified atom stereocenters. The van der Waals surface area contributed by atoms with Gasteiger partial charge in [-0.1, -0.05) is 30.3 Å². The molecule has 0 radical (unpaired) electrons. The maximum Gasteiger partial charge on any atom is 0.255 e. The first-order valence-corrected chi connectivity index (χ1v) is 11.1. The molecule has 2 heterocycles. The molecule has 1 fully saturated rings. The molecule has 8 nitrogen and oxygen atoms in total. The predicted molar refractivity (Wildman–Crippen MR) is 123 cm³/mol. The number of carbonyl (C=O) groups excluding carboxylic acids is 2. The van der Waals surface area contributed by atoms with Crippen molar-refractivity contribution >= 4 is 17.5 Å². The summed E-state index contributed by atoms with van der Waals surface area (Å²) < 4.78 is 30.1. The van der Waals surface area contributed by atoms with E-state index in [2.05, 4.69) is 5.32 Å². The maximum absolute atomic E-state index is 14.2. The molecular formula is C26H23FN2O6. The number of anilines is 1. The van der Waals surface area contributed by atoms with Crippen LogP contribution in [0.1, 0.15) is 27.6 Å². The molecule has 35 heavy (non-hydrogen) atoms. The highest BCUT2D eigenvalue weighted by Gasteiger charge is 2.35. The zero-order valence-corrected chi connectivity index (χ0v) is 18.6. The molecule has 3 aromatic carbocycles. The number of halogens is 1. The van der Waals surface area contributed by atoms with E-state index in [-0.39, 0.29) is 38.4 Å². The van der Waals surface area contributed by atoms with Crippen LogP contribution in [0.3, 0.4) is 0 Å². The van der Waals surface area contributed by atoms with Gasteiger partial charge in [0.25, 0.3) is 5.91 Å². The van der Waals surface area contributed by atoms with E-state index in [4.69, 9.17) is 14.2 Å². The minimum atomic E-state index is -1.07. The summed E-state index contributed by atoms with van der Waals surface area (Å²) in [5.41, 5.74) is 1.84. The highest BCUT2D eigenvalue weighted by atomic mass is 19.1. The van der Waals surface area contributed by atoms with E-state index in [1.807, 2.05) is 0 Å². The summed E-state index contributed by atoms with van der Waals surface area (Å²) in [5.74, 6) is 0.0482. The predicted octanol–water partition coefficient (Wildman–Crippen LogP) is 3.27. The summed E-state index contributed by atoms with van der Waals surface area (Å²) in [7, 11) is 0. The first-order valence-electron chi connectivity index (χ1n) is 11.1. The molecule has 2 atom stereocenters. The number of morpholine rings is 1. The van der Waals surface area contributed by atoms with E-state index < -0.39 is 18.0 Å². The zero-order chi connectivity index (χ0) is 24.4. The van der Waals surface area contributed by atoms with Gasteiger partial charge >= 0.3 is 0 Å². The number of benzene rings is 3. The van der Waals surface area contributed by atoms with Crippen molar-refractivity contribution in [2.45, 2.75) is 18.7 Å². The van der Waals surface area contributed by atoms with Crippen LogP contribution in [0.15, 0.2) is 66.7 Å². The van der Waals surface area contributed by atoms with Crippen molar-refractivity contribution in [2.75, 3.05) is 25.3 Å². The Kier molecular flexibility index (Phi) is 6.35. The molecule has 0 aliphatic carbocycles. The van der Waals surface area contributed by atoms with Crippen LogP contribution in [-0.2, 0) is 16.1 Å². The van der Waals surface area contributed by atoms with Gasteiger partial charge in [-0.05, 0) is 42.0 Å². The van der Waals surface area contributed by atoms with Crippen molar-refractivity contribution in [3.63, 3.8) is 0 Å². The van der Waals surface area contributed by atoms with E-state index >= 15 is 0 Å². The molecule has 2 N–H and O–H groups in total. The second-order valence-electron chi connectivity index (χ2n) is 8.28. The Morgan fingerprint density at radius 3 is 2.66 bits per heavy atom. The van der Waals surface area contributed by atoms with Gasteiger partial charge in [0.05, 0.1) is 12.6 Å². The second-order valence-corrected chi connectivity index (χ2v) is 8.28. The lowest BCUT2D eigenvalue weighted by atomic mass is 9.99. The van der Waals surface area contributed by atoms with Crippen LogP contribution in [-0.4, -0.2) is 47.9 Å². The Bertz CT molecular complexity index is 1250. The summed E-state index contributed by atoms with van der Waals surface area (Å²) >= 11 is 0. The Balaban J connectivity index is 1.28. The average Bonchev–Trinajstić information content (AvgIpc) is 3.34. The summed E-state index contributed by atoms with van der Waals surface area (Å²) in [6.45, 7) is 0.145. The number of aliphatic hydroxyl groups excluding tert-OH is 1. The number of ether oxygens (including phenoxy) is 3. The third kappa shape index (κ3) is 4.82. The molecule has 0 saturated carbocycles. The molecule has 9 heteroatoms. The topological polar surface area (TPSA) is 97.3 Å². The molecule has 2 aliphatic rings. The van der Waals surface area contributed by atoms with Gasteiger partial charge in [-0.15, -0.1) is 0 Å². The SMILES string of the molecule is O=C(Nc1ccc([C@@H](O)[C@H]2COCC(=O)N2Cc2ccccc2F)cc1)c1ccc2c(c1)OCO2. The number of rotatable bonds is 6. The van der Waals surface area contributed by atoms with Crippen LogP contribution in [0, 0.1) is 5.82 Å². The van der Waals surface area contributed by atoms with Gasteiger partial charge in [0.1, 0.15) is 18.5 Å². The van der Waals surface area contributed by atoms with Crippen molar-refractivity contribution in [3.05, 3.63) is 89.2 Å². The Labute approximate surface area is 200 Å². The van der Waals surface area contributed by atoms with Gasteiger partial charge in [-0.2, -0.15) is 0 Å². The summed E-state index contributed by atoms with van der Waals surface area (Å²) in [5, 5.41) is 13.8. The molecular weight excluding hydrogens is 455 g/mol. The standard InChI is InChI=1S/C26H23FN2O6/c27-20-4-2-1-3-18(20)12-29-21(13-33-14-24(29)30)25(31)16-5-8-19(9-6-16)28-26(32)17-7-10-22-23(11-17)35-15-34-22/h1-11,21,25,31H,12-15H2,(H,28,32)/t21-,25-/m1/s1. The maximum atomic E-state index is 14.2. The smallest absolute Gasteiger partial charge is 0.255 e. The highest BCUT2D eigenvalue weighted by Crippen LogP contribution is 2.33. The third-order valence-electron chi connectivity index (χ3n) is 6.04. The average molecular weight is 478 g/mol. The molecule has 0 spiro atoms. The lowest BCUT2D eigenvalue weighted by Gasteiger charge is -2.38. The molecule has 5 rings (SSSR count). The van der Waals surface area contributed by atoms with Crippen LogP contribution in [0.5, 0.6) is 11.5 Å². The van der Waals surface area contributed by atoms with Crippen LogP contribution in [0.2, 0.25) is 0 Å². The molecule has 2 amide bonds. The van der Waals surface area contributed by atoms with E-state index in [0.717, 1.165) is 0 Å². The Hall–Kier alpha value is -3.95. The molecule has 180 valence electrons. The zero-order valence-electron chi connectivity index (χ0n) is 18.6. The normalized spacial score (nSPS) is 17.8. The molecule has 0 aromatic heterocycles. The van der Waals surface area contributed by atoms with Crippen molar-refractivity contribution < 1.29 is 33.3 Å². The van der Waals surface area contributed by atoms with Crippen LogP contribution >= 0.6 is 0 Å². The van der Waals surface area contributed by atoms with Crippen molar-refractivity contribution in [1.82, 2.24) is 4.90 Å². The van der Waals surface area contributed by atoms with E-state index in [0.29, 0.717) is 33.9 Å². The van der Waals surface area contributed by atoms with E-state index in [9.17, 15) is 19.1 Å². The quantitative estimate of drug-likeness (QED) is 0.565. The summed E-state index contributed by atoms with van der Waals surface area (Å²) in [4.78, 5) is 26.6. The lowest BCUT2D eigenvalue weighted by Crippen LogP contribution is -2.51. The van der Waals surface area contributed by atoms with E-state index in [1.165, 1.54) is 11.0 Å². The van der Waals surface area contributed by atoms with Gasteiger partial charge in [0.15, 0.2) is 11.5 Å². The van der Waals surface area contributed by atoms with Gasteiger partial charge in [-0.3, -0.25) is 9.59 Å². The first-order chi connectivity index (χ1) is 17.0. The first kappa shape index (κ1) is 22.8. The number of amides is 2. The molecule has 3 aromatic rings. The number of fused-ring (bicyclic) bond motifs is 1. The third-order valence-corrected chi connectivity index (χ3v) is 6.04. The van der Waals surface area contributed by atoms with Crippen molar-refractivity contribution in [2.24, 2.45) is 0 Å². The minimum Gasteiger partial charge on any atom is -0.454 e. The van der Waals surface area contributed by atoms with Crippen LogP contribution in [0.25, 0.3) is 0 Å². The lowest BCUT2D eigenvalue weighted by molar-refractivity contribution is -0.155.